The monoisotopic (exact) mass is 452 g/mol. The molecule has 0 amide bonds. The maximum atomic E-state index is 13.7. The van der Waals surface area contributed by atoms with E-state index in [-0.39, 0.29) is 23.2 Å². The van der Waals surface area contributed by atoms with E-state index in [1.54, 1.807) is 7.11 Å². The highest BCUT2D eigenvalue weighted by Crippen LogP contribution is 2.44. The van der Waals surface area contributed by atoms with Gasteiger partial charge in [0.1, 0.15) is 5.75 Å². The first kappa shape index (κ1) is 22.3. The normalized spacial score (nSPS) is 19.9. The summed E-state index contributed by atoms with van der Waals surface area (Å²) in [5.41, 5.74) is 7.52. The Morgan fingerprint density at radius 1 is 0.824 bits per heavy atom. The molecule has 4 heteroatoms. The van der Waals surface area contributed by atoms with Crippen LogP contribution >= 0.6 is 0 Å². The van der Waals surface area contributed by atoms with Crippen LogP contribution in [0.4, 0.5) is 11.4 Å². The largest absolute Gasteiger partial charge is 0.497 e. The van der Waals surface area contributed by atoms with Crippen LogP contribution in [0.25, 0.3) is 0 Å². The molecular weight excluding hydrogens is 420 g/mol. The van der Waals surface area contributed by atoms with E-state index < -0.39 is 0 Å². The standard InChI is InChI=1S/C30H32N2O2/c1-30(2,3)22-13-9-20(10-14-22)29-28-26(31-24-7-5-6-8-25(24)32-29)17-21(18-27(28)33)19-11-15-23(34-4)16-12-19/h5-16,21,29,31-32H,17-18H2,1-4H3/t21-,29-/m1/s1. The van der Waals surface area contributed by atoms with Gasteiger partial charge in [-0.25, -0.2) is 0 Å². The van der Waals surface area contributed by atoms with Crippen molar-refractivity contribution in [1.82, 2.24) is 0 Å². The molecule has 0 fully saturated rings. The van der Waals surface area contributed by atoms with E-state index in [1.807, 2.05) is 24.3 Å². The molecule has 0 radical (unpaired) electrons. The first-order chi connectivity index (χ1) is 16.3. The summed E-state index contributed by atoms with van der Waals surface area (Å²) in [6.07, 6.45) is 1.29. The second-order valence-electron chi connectivity index (χ2n) is 10.3. The molecule has 34 heavy (non-hydrogen) atoms. The average Bonchev–Trinajstić information content (AvgIpc) is 3.00. The molecule has 3 aromatic rings. The maximum absolute atomic E-state index is 13.7. The second kappa shape index (κ2) is 8.68. The van der Waals surface area contributed by atoms with Gasteiger partial charge in [-0.05, 0) is 58.7 Å². The van der Waals surface area contributed by atoms with Gasteiger partial charge in [0.15, 0.2) is 5.78 Å². The third-order valence-electron chi connectivity index (χ3n) is 7.01. The SMILES string of the molecule is COc1ccc([C@H]2CC(=O)C3=C(C2)Nc2ccccc2N[C@@H]3c2ccc(C(C)(C)C)cc2)cc1. The number of ether oxygens (including phenoxy) is 1. The number of para-hydroxylation sites is 2. The number of fused-ring (bicyclic) bond motifs is 1. The van der Waals surface area contributed by atoms with Crippen molar-refractivity contribution in [3.05, 3.63) is 101 Å². The predicted octanol–water partition coefficient (Wildman–Crippen LogP) is 6.97. The molecule has 2 aliphatic rings. The highest BCUT2D eigenvalue weighted by atomic mass is 16.5. The van der Waals surface area contributed by atoms with E-state index >= 15 is 0 Å². The number of anilines is 2. The molecule has 0 bridgehead atoms. The van der Waals surface area contributed by atoms with Gasteiger partial charge in [0.2, 0.25) is 0 Å². The summed E-state index contributed by atoms with van der Waals surface area (Å²) in [5.74, 6) is 1.16. The molecule has 5 rings (SSSR count). The van der Waals surface area contributed by atoms with Gasteiger partial charge in [-0.1, -0.05) is 69.3 Å². The van der Waals surface area contributed by atoms with Gasteiger partial charge >= 0.3 is 0 Å². The lowest BCUT2D eigenvalue weighted by Gasteiger charge is -2.30. The summed E-state index contributed by atoms with van der Waals surface area (Å²) < 4.78 is 5.31. The molecule has 1 aliphatic carbocycles. The zero-order chi connectivity index (χ0) is 23.9. The van der Waals surface area contributed by atoms with E-state index in [2.05, 4.69) is 79.9 Å². The minimum Gasteiger partial charge on any atom is -0.497 e. The molecule has 174 valence electrons. The van der Waals surface area contributed by atoms with Crippen molar-refractivity contribution in [2.75, 3.05) is 17.7 Å². The van der Waals surface area contributed by atoms with Gasteiger partial charge in [0, 0.05) is 17.7 Å². The van der Waals surface area contributed by atoms with Crippen LogP contribution in [0.3, 0.4) is 0 Å². The van der Waals surface area contributed by atoms with Crippen molar-refractivity contribution in [2.45, 2.75) is 51.0 Å². The summed E-state index contributed by atoms with van der Waals surface area (Å²) in [5, 5.41) is 7.30. The Kier molecular flexibility index (Phi) is 5.68. The molecule has 3 aromatic carbocycles. The summed E-state index contributed by atoms with van der Waals surface area (Å²) in [7, 11) is 1.67. The number of hydrogen-bond donors (Lipinski definition) is 2. The highest BCUT2D eigenvalue weighted by Gasteiger charge is 2.36. The quantitative estimate of drug-likeness (QED) is 0.450. The van der Waals surface area contributed by atoms with Crippen molar-refractivity contribution in [3.8, 4) is 5.75 Å². The van der Waals surface area contributed by atoms with Crippen molar-refractivity contribution in [2.24, 2.45) is 0 Å². The van der Waals surface area contributed by atoms with Crippen LogP contribution < -0.4 is 15.4 Å². The first-order valence-electron chi connectivity index (χ1n) is 12.0. The highest BCUT2D eigenvalue weighted by molar-refractivity contribution is 6.01. The lowest BCUT2D eigenvalue weighted by molar-refractivity contribution is -0.116. The number of nitrogens with one attached hydrogen (secondary N) is 2. The molecule has 2 N–H and O–H groups in total. The van der Waals surface area contributed by atoms with Crippen LogP contribution in [-0.2, 0) is 10.2 Å². The zero-order valence-corrected chi connectivity index (χ0v) is 20.3. The fourth-order valence-corrected chi connectivity index (χ4v) is 5.03. The Morgan fingerprint density at radius 2 is 1.47 bits per heavy atom. The number of rotatable bonds is 3. The van der Waals surface area contributed by atoms with Crippen molar-refractivity contribution < 1.29 is 9.53 Å². The van der Waals surface area contributed by atoms with Gasteiger partial charge in [-0.2, -0.15) is 0 Å². The summed E-state index contributed by atoms with van der Waals surface area (Å²) in [6.45, 7) is 6.66. The lowest BCUT2D eigenvalue weighted by atomic mass is 9.78. The van der Waals surface area contributed by atoms with Crippen molar-refractivity contribution in [1.29, 1.82) is 0 Å². The Bertz CT molecular complexity index is 1230. The fourth-order valence-electron chi connectivity index (χ4n) is 5.03. The number of allylic oxidation sites excluding steroid dienone is 1. The number of carbonyl (C=O) groups is 1. The number of Topliss-reactive ketones (excluding diaryl/α,β-unsaturated/α-hetero) is 1. The van der Waals surface area contributed by atoms with E-state index in [0.29, 0.717) is 6.42 Å². The number of benzene rings is 3. The second-order valence-corrected chi connectivity index (χ2v) is 10.3. The lowest BCUT2D eigenvalue weighted by Crippen LogP contribution is -2.27. The van der Waals surface area contributed by atoms with E-state index in [9.17, 15) is 4.79 Å². The molecule has 1 heterocycles. The zero-order valence-electron chi connectivity index (χ0n) is 20.3. The molecule has 4 nitrogen and oxygen atoms in total. The van der Waals surface area contributed by atoms with Crippen LogP contribution in [-0.4, -0.2) is 12.9 Å². The van der Waals surface area contributed by atoms with E-state index in [1.165, 1.54) is 11.1 Å². The van der Waals surface area contributed by atoms with Crippen LogP contribution in [0.2, 0.25) is 0 Å². The summed E-state index contributed by atoms with van der Waals surface area (Å²) in [6, 6.07) is 24.8. The smallest absolute Gasteiger partial charge is 0.163 e. The van der Waals surface area contributed by atoms with Crippen molar-refractivity contribution in [3.63, 3.8) is 0 Å². The van der Waals surface area contributed by atoms with Gasteiger partial charge in [-0.15, -0.1) is 0 Å². The Hall–Kier alpha value is -3.53. The Labute approximate surface area is 202 Å². The van der Waals surface area contributed by atoms with Crippen LogP contribution in [0, 0.1) is 0 Å². The van der Waals surface area contributed by atoms with Gasteiger partial charge in [0.05, 0.1) is 24.5 Å². The molecule has 2 atom stereocenters. The van der Waals surface area contributed by atoms with Gasteiger partial charge in [-0.3, -0.25) is 4.79 Å². The average molecular weight is 453 g/mol. The minimum atomic E-state index is -0.190. The maximum Gasteiger partial charge on any atom is 0.163 e. The number of hydrogen-bond acceptors (Lipinski definition) is 4. The third-order valence-corrected chi connectivity index (χ3v) is 7.01. The topological polar surface area (TPSA) is 50.4 Å². The van der Waals surface area contributed by atoms with Crippen molar-refractivity contribution >= 4 is 17.2 Å². The molecular formula is C30H32N2O2. The summed E-state index contributed by atoms with van der Waals surface area (Å²) in [4.78, 5) is 13.7. The van der Waals surface area contributed by atoms with Gasteiger partial charge < -0.3 is 15.4 Å². The van der Waals surface area contributed by atoms with Gasteiger partial charge in [0.25, 0.3) is 0 Å². The number of ketones is 1. The predicted molar refractivity (Wildman–Crippen MR) is 139 cm³/mol. The molecule has 0 unspecified atom stereocenters. The Morgan fingerprint density at radius 3 is 2.12 bits per heavy atom. The number of methoxy groups -OCH3 is 1. The molecule has 0 saturated carbocycles. The van der Waals surface area contributed by atoms with E-state index in [4.69, 9.17) is 4.74 Å². The molecule has 0 aromatic heterocycles. The molecule has 0 spiro atoms. The number of carbonyl (C=O) groups excluding carboxylic acids is 1. The Balaban J connectivity index is 1.55. The van der Waals surface area contributed by atoms with Crippen LogP contribution in [0.5, 0.6) is 5.75 Å². The van der Waals surface area contributed by atoms with E-state index in [0.717, 1.165) is 40.4 Å². The first-order valence-corrected chi connectivity index (χ1v) is 12.0. The fraction of sp³-hybridized carbons (Fsp3) is 0.300. The molecule has 1 aliphatic heterocycles. The third kappa shape index (κ3) is 4.21. The van der Waals surface area contributed by atoms with Crippen LogP contribution in [0.15, 0.2) is 84.1 Å². The molecule has 0 saturated heterocycles. The van der Waals surface area contributed by atoms with Crippen LogP contribution in [0.1, 0.15) is 62.3 Å². The minimum absolute atomic E-state index is 0.0836. The summed E-state index contributed by atoms with van der Waals surface area (Å²) >= 11 is 0.